The Morgan fingerprint density at radius 1 is 1.11 bits per heavy atom. The largest absolute Gasteiger partial charge is 0.497 e. The molecule has 4 aliphatic carbocycles. The summed E-state index contributed by atoms with van der Waals surface area (Å²) >= 11 is 6.02. The zero-order valence-corrected chi connectivity index (χ0v) is 23.4. The van der Waals surface area contributed by atoms with Gasteiger partial charge in [-0.15, -0.1) is 0 Å². The molecule has 0 amide bonds. The average Bonchev–Trinajstić information content (AvgIpc) is 3.23. The van der Waals surface area contributed by atoms with E-state index in [0.29, 0.717) is 18.0 Å². The van der Waals surface area contributed by atoms with E-state index in [0.717, 1.165) is 60.8 Å². The summed E-state index contributed by atoms with van der Waals surface area (Å²) in [4.78, 5) is 14.5. The summed E-state index contributed by atoms with van der Waals surface area (Å²) in [6, 6.07) is 7.91. The first-order chi connectivity index (χ1) is 18.5. The van der Waals surface area contributed by atoms with Gasteiger partial charge < -0.3 is 9.47 Å². The number of esters is 1. The van der Waals surface area contributed by atoms with Gasteiger partial charge in [-0.25, -0.2) is 4.68 Å². The van der Waals surface area contributed by atoms with E-state index in [9.17, 15) is 4.79 Å². The lowest BCUT2D eigenvalue weighted by Gasteiger charge is -2.55. The van der Waals surface area contributed by atoms with Crippen LogP contribution in [0, 0.1) is 28.4 Å². The molecule has 5 aliphatic rings. The van der Waals surface area contributed by atoms with Crippen molar-refractivity contribution >= 4 is 24.4 Å². The Labute approximate surface area is 230 Å². The van der Waals surface area contributed by atoms with Crippen LogP contribution in [0.5, 0.6) is 5.75 Å². The van der Waals surface area contributed by atoms with Crippen molar-refractivity contribution in [2.75, 3.05) is 26.8 Å². The predicted molar refractivity (Wildman–Crippen MR) is 148 cm³/mol. The lowest BCUT2D eigenvalue weighted by atomic mass is 9.49. The van der Waals surface area contributed by atoms with Crippen LogP contribution in [-0.4, -0.2) is 58.3 Å². The highest BCUT2D eigenvalue weighted by molar-refractivity contribution is 7.71. The number of rotatable bonds is 8. The van der Waals surface area contributed by atoms with Crippen molar-refractivity contribution in [3.05, 3.63) is 40.4 Å². The quantitative estimate of drug-likeness (QED) is 0.268. The fraction of sp³-hybridized carbons (Fsp3) is 0.655. The van der Waals surface area contributed by atoms with E-state index in [1.165, 1.54) is 38.5 Å². The van der Waals surface area contributed by atoms with Crippen LogP contribution in [-0.2, 0) is 21.6 Å². The maximum atomic E-state index is 12.2. The van der Waals surface area contributed by atoms with Gasteiger partial charge in [0, 0.05) is 18.5 Å². The molecule has 4 saturated carbocycles. The summed E-state index contributed by atoms with van der Waals surface area (Å²) in [5, 5.41) is 10.2. The van der Waals surface area contributed by atoms with Crippen molar-refractivity contribution in [3.8, 4) is 5.75 Å². The minimum atomic E-state index is -0.0648. The summed E-state index contributed by atoms with van der Waals surface area (Å²) in [5.74, 6) is 4.22. The van der Waals surface area contributed by atoms with Crippen LogP contribution in [0.3, 0.4) is 0 Å². The number of piperidine rings is 1. The van der Waals surface area contributed by atoms with Crippen molar-refractivity contribution in [2.45, 2.75) is 70.4 Å². The third kappa shape index (κ3) is 4.95. The first kappa shape index (κ1) is 25.7. The maximum absolute atomic E-state index is 12.2. The maximum Gasteiger partial charge on any atom is 0.309 e. The normalized spacial score (nSPS) is 29.3. The van der Waals surface area contributed by atoms with E-state index < -0.39 is 0 Å². The van der Waals surface area contributed by atoms with Crippen LogP contribution in [0.4, 0.5) is 0 Å². The van der Waals surface area contributed by atoms with Gasteiger partial charge in [-0.2, -0.15) is 14.9 Å². The van der Waals surface area contributed by atoms with Crippen LogP contribution >= 0.6 is 12.2 Å². The number of hydrogen-bond donors (Lipinski definition) is 0. The predicted octanol–water partition coefficient (Wildman–Crippen LogP) is 5.01. The third-order valence-corrected chi connectivity index (χ3v) is 9.69. The molecule has 204 valence electrons. The number of nitrogens with zero attached hydrogens (tertiary/aromatic N) is 5. The van der Waals surface area contributed by atoms with Crippen molar-refractivity contribution in [2.24, 2.45) is 28.8 Å². The lowest BCUT2D eigenvalue weighted by Crippen LogP contribution is -2.49. The van der Waals surface area contributed by atoms with Gasteiger partial charge in [-0.1, -0.05) is 0 Å². The molecular weight excluding hydrogens is 498 g/mol. The number of ether oxygens (including phenoxy) is 2. The summed E-state index contributed by atoms with van der Waals surface area (Å²) in [6.07, 6.45) is 11.3. The molecule has 4 bridgehead atoms. The topological polar surface area (TPSA) is 73.9 Å². The van der Waals surface area contributed by atoms with Crippen molar-refractivity contribution in [3.63, 3.8) is 0 Å². The monoisotopic (exact) mass is 537 g/mol. The van der Waals surface area contributed by atoms with Gasteiger partial charge in [-0.05, 0) is 118 Å². The molecule has 8 nitrogen and oxygen atoms in total. The second-order valence-electron chi connectivity index (χ2n) is 11.9. The molecule has 2 aromatic rings. The zero-order valence-electron chi connectivity index (χ0n) is 22.6. The zero-order chi connectivity index (χ0) is 26.3. The number of carbonyl (C=O) groups excluding carboxylic acids is 1. The number of methoxy groups -OCH3 is 1. The molecule has 0 N–H and O–H groups in total. The minimum Gasteiger partial charge on any atom is -0.497 e. The fourth-order valence-corrected chi connectivity index (χ4v) is 8.12. The highest BCUT2D eigenvalue weighted by Crippen LogP contribution is 2.60. The molecule has 0 unspecified atom stereocenters. The Morgan fingerprint density at radius 2 is 1.74 bits per heavy atom. The summed E-state index contributed by atoms with van der Waals surface area (Å²) in [5.41, 5.74) is 1.07. The van der Waals surface area contributed by atoms with Gasteiger partial charge in [0.2, 0.25) is 4.77 Å². The minimum absolute atomic E-state index is 0.00610. The molecule has 1 aromatic carbocycles. The smallest absolute Gasteiger partial charge is 0.309 e. The number of carbonyl (C=O) groups is 1. The fourth-order valence-electron chi connectivity index (χ4n) is 7.88. The SMILES string of the molecule is CCOC(=O)C1CCN(Cn2nc(C34CC5CC(CC(C5)C3)C4)n(/N=C/c3ccc(OC)cc3)c2=S)CC1. The van der Waals surface area contributed by atoms with Crippen molar-refractivity contribution < 1.29 is 14.3 Å². The van der Waals surface area contributed by atoms with E-state index in [2.05, 4.69) is 4.90 Å². The van der Waals surface area contributed by atoms with Crippen molar-refractivity contribution in [1.82, 2.24) is 19.4 Å². The molecule has 38 heavy (non-hydrogen) atoms. The summed E-state index contributed by atoms with van der Waals surface area (Å²) in [6.45, 7) is 4.60. The molecule has 7 rings (SSSR count). The molecule has 9 heteroatoms. The molecule has 0 spiro atoms. The number of benzene rings is 1. The lowest BCUT2D eigenvalue weighted by molar-refractivity contribution is -0.149. The second-order valence-corrected chi connectivity index (χ2v) is 12.3. The molecule has 1 saturated heterocycles. The van der Waals surface area contributed by atoms with Crippen LogP contribution < -0.4 is 4.74 Å². The highest BCUT2D eigenvalue weighted by atomic mass is 32.1. The number of aromatic nitrogens is 3. The Morgan fingerprint density at radius 3 is 2.32 bits per heavy atom. The molecule has 1 aliphatic heterocycles. The highest BCUT2D eigenvalue weighted by Gasteiger charge is 2.54. The molecule has 5 fully saturated rings. The van der Waals surface area contributed by atoms with E-state index in [1.54, 1.807) is 7.11 Å². The van der Waals surface area contributed by atoms with Crippen molar-refractivity contribution in [1.29, 1.82) is 0 Å². The number of likely N-dealkylation sites (tertiary alicyclic amines) is 1. The summed E-state index contributed by atoms with van der Waals surface area (Å²) in [7, 11) is 1.67. The van der Waals surface area contributed by atoms with Gasteiger partial charge in [0.05, 0.1) is 32.5 Å². The van der Waals surface area contributed by atoms with Crippen LogP contribution in [0.15, 0.2) is 29.4 Å². The van der Waals surface area contributed by atoms with Crippen LogP contribution in [0.25, 0.3) is 0 Å². The molecular formula is C29H39N5O3S. The first-order valence-electron chi connectivity index (χ1n) is 14.2. The van der Waals surface area contributed by atoms with Crippen LogP contribution in [0.2, 0.25) is 0 Å². The van der Waals surface area contributed by atoms with Gasteiger partial charge >= 0.3 is 5.97 Å². The van der Waals surface area contributed by atoms with Gasteiger partial charge in [0.1, 0.15) is 5.75 Å². The summed E-state index contributed by atoms with van der Waals surface area (Å²) < 4.78 is 15.1. The molecule has 0 radical (unpaired) electrons. The molecule has 2 heterocycles. The van der Waals surface area contributed by atoms with Gasteiger partial charge in [0.15, 0.2) is 5.82 Å². The van der Waals surface area contributed by atoms with Gasteiger partial charge in [-0.3, -0.25) is 9.69 Å². The molecule has 0 atom stereocenters. The van der Waals surface area contributed by atoms with Gasteiger partial charge in [0.25, 0.3) is 0 Å². The van der Waals surface area contributed by atoms with E-state index in [-0.39, 0.29) is 17.3 Å². The number of hydrogen-bond acceptors (Lipinski definition) is 7. The average molecular weight is 538 g/mol. The van der Waals surface area contributed by atoms with E-state index >= 15 is 0 Å². The Bertz CT molecular complexity index is 1210. The molecule has 1 aromatic heterocycles. The van der Waals surface area contributed by atoms with E-state index in [1.807, 2.05) is 46.8 Å². The Hall–Kier alpha value is -2.52. The standard InChI is InChI=1S/C29H39N5O3S/c1-3-37-26(35)24-8-10-32(11-9-24)19-33-28(38)34(30-18-20-4-6-25(36-2)7-5-20)27(31-33)29-15-21-12-22(16-29)14-23(13-21)17-29/h4-7,18,21-24H,3,8-17,19H2,1-2H3/b30-18+. The second kappa shape index (κ2) is 10.6. The Balaban J connectivity index is 1.28. The van der Waals surface area contributed by atoms with Crippen LogP contribution in [0.1, 0.15) is 69.7 Å². The first-order valence-corrected chi connectivity index (χ1v) is 14.6. The Kier molecular flexibility index (Phi) is 7.16. The third-order valence-electron chi connectivity index (χ3n) is 9.31. The van der Waals surface area contributed by atoms with E-state index in [4.69, 9.17) is 31.9 Å².